The van der Waals surface area contributed by atoms with Crippen LogP contribution >= 0.6 is 0 Å². The van der Waals surface area contributed by atoms with Gasteiger partial charge >= 0.3 is 0 Å². The van der Waals surface area contributed by atoms with Gasteiger partial charge in [0.05, 0.1) is 6.26 Å². The number of allylic oxidation sites excluding steroid dienone is 1. The smallest absolute Gasteiger partial charge is 0.222 e. The highest BCUT2D eigenvalue weighted by Gasteiger charge is 2.25. The van der Waals surface area contributed by atoms with Crippen LogP contribution in [-0.2, 0) is 0 Å². The van der Waals surface area contributed by atoms with Gasteiger partial charge in [-0.25, -0.2) is 0 Å². The van der Waals surface area contributed by atoms with Gasteiger partial charge in [-0.3, -0.25) is 4.79 Å². The Balaban J connectivity index is 1.56. The van der Waals surface area contributed by atoms with Crippen LogP contribution in [0.1, 0.15) is 36.2 Å². The van der Waals surface area contributed by atoms with Gasteiger partial charge in [-0.1, -0.05) is 0 Å². The zero-order valence-electron chi connectivity index (χ0n) is 11.8. The fourth-order valence-electron chi connectivity index (χ4n) is 3.18. The van der Waals surface area contributed by atoms with E-state index in [4.69, 9.17) is 4.42 Å². The second-order valence-corrected chi connectivity index (χ2v) is 5.70. The maximum Gasteiger partial charge on any atom is 0.222 e. The molecule has 3 heterocycles. The van der Waals surface area contributed by atoms with Gasteiger partial charge in [0.2, 0.25) is 5.78 Å². The number of carbonyl (C=O) groups is 1. The molecule has 2 saturated heterocycles. The fourth-order valence-corrected chi connectivity index (χ4v) is 3.18. The Morgan fingerprint density at radius 2 is 2.15 bits per heavy atom. The summed E-state index contributed by atoms with van der Waals surface area (Å²) >= 11 is 0. The predicted octanol–water partition coefficient (Wildman–Crippen LogP) is 2.54. The highest BCUT2D eigenvalue weighted by Crippen LogP contribution is 2.20. The van der Waals surface area contributed by atoms with Crippen LogP contribution in [0, 0.1) is 0 Å². The third-order valence-corrected chi connectivity index (χ3v) is 4.27. The summed E-state index contributed by atoms with van der Waals surface area (Å²) in [4.78, 5) is 16.8. The number of hydrogen-bond donors (Lipinski definition) is 0. The van der Waals surface area contributed by atoms with Crippen molar-refractivity contribution < 1.29 is 9.21 Å². The Bertz CT molecular complexity index is 461. The van der Waals surface area contributed by atoms with Gasteiger partial charge in [-0.15, -0.1) is 0 Å². The first-order valence-electron chi connectivity index (χ1n) is 7.57. The van der Waals surface area contributed by atoms with Crippen molar-refractivity contribution in [3.05, 3.63) is 36.4 Å². The van der Waals surface area contributed by atoms with Crippen molar-refractivity contribution in [3.63, 3.8) is 0 Å². The molecule has 0 aromatic carbocycles. The Morgan fingerprint density at radius 3 is 2.90 bits per heavy atom. The second kappa shape index (κ2) is 6.27. The Labute approximate surface area is 120 Å². The third-order valence-electron chi connectivity index (χ3n) is 4.27. The van der Waals surface area contributed by atoms with E-state index in [0.29, 0.717) is 11.8 Å². The van der Waals surface area contributed by atoms with E-state index >= 15 is 0 Å². The number of hydrogen-bond acceptors (Lipinski definition) is 4. The number of furan rings is 1. The van der Waals surface area contributed by atoms with E-state index in [-0.39, 0.29) is 5.78 Å². The van der Waals surface area contributed by atoms with Gasteiger partial charge in [0.1, 0.15) is 0 Å². The summed E-state index contributed by atoms with van der Waals surface area (Å²) in [6.45, 7) is 4.67. The van der Waals surface area contributed by atoms with Crippen LogP contribution in [0.25, 0.3) is 0 Å². The minimum Gasteiger partial charge on any atom is -0.461 e. The molecule has 2 aliphatic heterocycles. The van der Waals surface area contributed by atoms with Gasteiger partial charge in [0.15, 0.2) is 5.76 Å². The Hall–Kier alpha value is -1.55. The molecule has 1 aromatic rings. The molecule has 1 aromatic heterocycles. The number of carbonyl (C=O) groups excluding carboxylic acids is 1. The van der Waals surface area contributed by atoms with Gasteiger partial charge in [0.25, 0.3) is 0 Å². The monoisotopic (exact) mass is 274 g/mol. The van der Waals surface area contributed by atoms with E-state index in [9.17, 15) is 4.79 Å². The van der Waals surface area contributed by atoms with Crippen LogP contribution in [0.5, 0.6) is 0 Å². The molecule has 2 fully saturated rings. The zero-order chi connectivity index (χ0) is 13.8. The minimum absolute atomic E-state index is 0.0539. The highest BCUT2D eigenvalue weighted by molar-refractivity contribution is 6.02. The van der Waals surface area contributed by atoms with Crippen molar-refractivity contribution in [1.82, 2.24) is 9.80 Å². The van der Waals surface area contributed by atoms with Crippen molar-refractivity contribution in [2.75, 3.05) is 26.2 Å². The quantitative estimate of drug-likeness (QED) is 0.611. The number of ketones is 1. The van der Waals surface area contributed by atoms with E-state index in [1.807, 2.05) is 6.20 Å². The number of likely N-dealkylation sites (tertiary alicyclic amines) is 2. The SMILES string of the molecule is O=C(/C=C/N1CCC[C@H]1CN1CCCC1)c1ccco1. The molecular weight excluding hydrogens is 252 g/mol. The summed E-state index contributed by atoms with van der Waals surface area (Å²) in [6, 6.07) is 4.01. The molecule has 0 saturated carbocycles. The first kappa shape index (κ1) is 13.4. The molecule has 0 unspecified atom stereocenters. The molecule has 0 amide bonds. The van der Waals surface area contributed by atoms with E-state index in [0.717, 1.165) is 13.1 Å². The van der Waals surface area contributed by atoms with Crippen LogP contribution in [-0.4, -0.2) is 47.8 Å². The maximum absolute atomic E-state index is 11.9. The van der Waals surface area contributed by atoms with Crippen molar-refractivity contribution in [3.8, 4) is 0 Å². The molecule has 3 rings (SSSR count). The first-order chi connectivity index (χ1) is 9.83. The fraction of sp³-hybridized carbons (Fsp3) is 0.562. The van der Waals surface area contributed by atoms with Gasteiger partial charge in [0, 0.05) is 31.4 Å². The van der Waals surface area contributed by atoms with Crippen molar-refractivity contribution in [1.29, 1.82) is 0 Å². The summed E-state index contributed by atoms with van der Waals surface area (Å²) in [6.07, 6.45) is 10.2. The highest BCUT2D eigenvalue weighted by atomic mass is 16.3. The molecular formula is C16H22N2O2. The van der Waals surface area contributed by atoms with Crippen molar-refractivity contribution in [2.24, 2.45) is 0 Å². The lowest BCUT2D eigenvalue weighted by Gasteiger charge is -2.27. The molecule has 0 spiro atoms. The van der Waals surface area contributed by atoms with Crippen LogP contribution in [0.4, 0.5) is 0 Å². The van der Waals surface area contributed by atoms with Gasteiger partial charge in [-0.05, 0) is 50.9 Å². The van der Waals surface area contributed by atoms with E-state index in [1.165, 1.54) is 45.0 Å². The molecule has 0 N–H and O–H groups in total. The maximum atomic E-state index is 11.9. The van der Waals surface area contributed by atoms with Gasteiger partial charge in [-0.2, -0.15) is 0 Å². The summed E-state index contributed by atoms with van der Waals surface area (Å²) in [5.74, 6) is 0.360. The lowest BCUT2D eigenvalue weighted by molar-refractivity contribution is 0.101. The largest absolute Gasteiger partial charge is 0.461 e. The Kier molecular flexibility index (Phi) is 4.21. The van der Waals surface area contributed by atoms with Gasteiger partial charge < -0.3 is 14.2 Å². The molecule has 1 atom stereocenters. The predicted molar refractivity (Wildman–Crippen MR) is 77.6 cm³/mol. The second-order valence-electron chi connectivity index (χ2n) is 5.70. The number of nitrogens with zero attached hydrogens (tertiary/aromatic N) is 2. The lowest BCUT2D eigenvalue weighted by atomic mass is 10.2. The summed E-state index contributed by atoms with van der Waals surface area (Å²) in [5, 5.41) is 0. The number of rotatable bonds is 5. The molecule has 0 aliphatic carbocycles. The standard InChI is InChI=1S/C16H22N2O2/c19-15(16-6-4-12-20-16)7-11-18-10-3-5-14(18)13-17-8-1-2-9-17/h4,6-7,11-12,14H,1-3,5,8-10,13H2/b11-7+/t14-/m0/s1. The topological polar surface area (TPSA) is 36.7 Å². The molecule has 20 heavy (non-hydrogen) atoms. The molecule has 0 bridgehead atoms. The molecule has 0 radical (unpaired) electrons. The van der Waals surface area contributed by atoms with Crippen molar-refractivity contribution >= 4 is 5.78 Å². The normalized spacial score (nSPS) is 24.0. The van der Waals surface area contributed by atoms with Crippen molar-refractivity contribution in [2.45, 2.75) is 31.7 Å². The summed E-state index contributed by atoms with van der Waals surface area (Å²) < 4.78 is 5.12. The summed E-state index contributed by atoms with van der Waals surface area (Å²) in [5.41, 5.74) is 0. The Morgan fingerprint density at radius 1 is 1.30 bits per heavy atom. The van der Waals surface area contributed by atoms with Crippen LogP contribution in [0.15, 0.2) is 35.1 Å². The molecule has 4 nitrogen and oxygen atoms in total. The van der Waals surface area contributed by atoms with Crippen LogP contribution < -0.4 is 0 Å². The third kappa shape index (κ3) is 3.12. The summed E-state index contributed by atoms with van der Waals surface area (Å²) in [7, 11) is 0. The van der Waals surface area contributed by atoms with E-state index in [1.54, 1.807) is 18.2 Å². The van der Waals surface area contributed by atoms with E-state index in [2.05, 4.69) is 9.80 Å². The lowest BCUT2D eigenvalue weighted by Crippen LogP contribution is -2.36. The van der Waals surface area contributed by atoms with Crippen LogP contribution in [0.2, 0.25) is 0 Å². The van der Waals surface area contributed by atoms with Crippen LogP contribution in [0.3, 0.4) is 0 Å². The molecule has 108 valence electrons. The molecule has 4 heteroatoms. The first-order valence-corrected chi connectivity index (χ1v) is 7.57. The minimum atomic E-state index is -0.0539. The zero-order valence-corrected chi connectivity index (χ0v) is 11.8. The average Bonchev–Trinajstić information content (AvgIpc) is 3.20. The molecule has 2 aliphatic rings. The van der Waals surface area contributed by atoms with E-state index < -0.39 is 0 Å². The average molecular weight is 274 g/mol.